The monoisotopic (exact) mass is 241 g/mol. The maximum atomic E-state index is 6.13. The van der Waals surface area contributed by atoms with Gasteiger partial charge >= 0.3 is 0 Å². The van der Waals surface area contributed by atoms with Crippen LogP contribution in [0.4, 0.5) is 0 Å². The zero-order valence-corrected chi connectivity index (χ0v) is 10.8. The number of alkyl halides is 1. The van der Waals surface area contributed by atoms with Gasteiger partial charge in [0.25, 0.3) is 0 Å². The average molecular weight is 242 g/mol. The number of halogens is 1. The van der Waals surface area contributed by atoms with Crippen LogP contribution >= 0.6 is 11.6 Å². The maximum Gasteiger partial charge on any atom is 0.138 e. The Labute approximate surface area is 102 Å². The van der Waals surface area contributed by atoms with E-state index < -0.39 is 0 Å². The zero-order chi connectivity index (χ0) is 11.5. The molecule has 2 unspecified atom stereocenters. The quantitative estimate of drug-likeness (QED) is 0.759. The van der Waals surface area contributed by atoms with E-state index >= 15 is 0 Å². The van der Waals surface area contributed by atoms with Crippen LogP contribution in [0.15, 0.2) is 6.33 Å². The van der Waals surface area contributed by atoms with Gasteiger partial charge in [-0.15, -0.1) is 11.6 Å². The van der Waals surface area contributed by atoms with Gasteiger partial charge in [-0.05, 0) is 31.1 Å². The van der Waals surface area contributed by atoms with Crippen LogP contribution in [0.5, 0.6) is 0 Å². The van der Waals surface area contributed by atoms with Gasteiger partial charge < -0.3 is 0 Å². The average Bonchev–Trinajstić information content (AvgIpc) is 2.77. The van der Waals surface area contributed by atoms with Crippen LogP contribution in [0.3, 0.4) is 0 Å². The molecule has 0 bridgehead atoms. The lowest BCUT2D eigenvalue weighted by Gasteiger charge is -2.11. The maximum absolute atomic E-state index is 6.13. The Bertz CT molecular complexity index is 335. The van der Waals surface area contributed by atoms with Gasteiger partial charge in [-0.25, -0.2) is 9.67 Å². The fraction of sp³-hybridized carbons (Fsp3) is 0.833. The molecular weight excluding hydrogens is 222 g/mol. The van der Waals surface area contributed by atoms with E-state index in [1.54, 1.807) is 6.33 Å². The summed E-state index contributed by atoms with van der Waals surface area (Å²) in [6.07, 6.45) is 6.24. The van der Waals surface area contributed by atoms with Gasteiger partial charge in [0.15, 0.2) is 0 Å². The fourth-order valence-corrected chi connectivity index (χ4v) is 2.78. The van der Waals surface area contributed by atoms with Crippen LogP contribution in [0.2, 0.25) is 0 Å². The first-order chi connectivity index (χ1) is 7.65. The summed E-state index contributed by atoms with van der Waals surface area (Å²) in [5, 5.41) is 4.67. The Morgan fingerprint density at radius 2 is 2.31 bits per heavy atom. The van der Waals surface area contributed by atoms with E-state index in [2.05, 4.69) is 23.9 Å². The molecule has 4 heteroatoms. The third-order valence-electron chi connectivity index (χ3n) is 3.18. The molecule has 90 valence electrons. The number of aromatic nitrogens is 3. The molecule has 0 spiro atoms. The number of hydrogen-bond acceptors (Lipinski definition) is 2. The van der Waals surface area contributed by atoms with Crippen LogP contribution in [0.25, 0.3) is 0 Å². The molecule has 2 rings (SSSR count). The van der Waals surface area contributed by atoms with Gasteiger partial charge in [0, 0.05) is 18.3 Å². The lowest BCUT2D eigenvalue weighted by Crippen LogP contribution is -2.13. The molecule has 1 aromatic heterocycles. The second kappa shape index (κ2) is 5.17. The normalized spacial score (nSPS) is 25.5. The van der Waals surface area contributed by atoms with Crippen molar-refractivity contribution in [1.29, 1.82) is 0 Å². The lowest BCUT2D eigenvalue weighted by molar-refractivity contribution is 0.441. The van der Waals surface area contributed by atoms with E-state index in [1.165, 1.54) is 6.42 Å². The van der Waals surface area contributed by atoms with Gasteiger partial charge in [0.1, 0.15) is 12.2 Å². The summed E-state index contributed by atoms with van der Waals surface area (Å²) in [5.74, 6) is 2.45. The van der Waals surface area contributed by atoms with Crippen LogP contribution in [0, 0.1) is 11.8 Å². The van der Waals surface area contributed by atoms with Crippen LogP contribution < -0.4 is 0 Å². The van der Waals surface area contributed by atoms with Gasteiger partial charge in [0.05, 0.1) is 0 Å². The standard InChI is InChI=1S/C12H20ClN3/c1-9(2)7-16-12(14-8-15-16)6-10-3-4-11(13)5-10/h8-11H,3-7H2,1-2H3. The molecule has 1 aliphatic carbocycles. The summed E-state index contributed by atoms with van der Waals surface area (Å²) in [7, 11) is 0. The summed E-state index contributed by atoms with van der Waals surface area (Å²) < 4.78 is 2.05. The van der Waals surface area contributed by atoms with E-state index in [4.69, 9.17) is 11.6 Å². The van der Waals surface area contributed by atoms with Crippen LogP contribution in [-0.4, -0.2) is 20.1 Å². The minimum Gasteiger partial charge on any atom is -0.250 e. The second-order valence-electron chi connectivity index (χ2n) is 5.23. The van der Waals surface area contributed by atoms with E-state index in [-0.39, 0.29) is 0 Å². The van der Waals surface area contributed by atoms with Crippen molar-refractivity contribution in [3.63, 3.8) is 0 Å². The molecule has 1 saturated carbocycles. The number of nitrogens with zero attached hydrogens (tertiary/aromatic N) is 3. The van der Waals surface area contributed by atoms with Crippen molar-refractivity contribution >= 4 is 11.6 Å². The van der Waals surface area contributed by atoms with E-state index in [0.29, 0.717) is 17.2 Å². The molecule has 16 heavy (non-hydrogen) atoms. The first-order valence-electron chi connectivity index (χ1n) is 6.16. The van der Waals surface area contributed by atoms with E-state index in [0.717, 1.165) is 31.6 Å². The van der Waals surface area contributed by atoms with Gasteiger partial charge in [-0.2, -0.15) is 5.10 Å². The summed E-state index contributed by atoms with van der Waals surface area (Å²) >= 11 is 6.13. The fourth-order valence-electron chi connectivity index (χ4n) is 2.40. The van der Waals surface area contributed by atoms with E-state index in [1.807, 2.05) is 4.68 Å². The molecule has 1 fully saturated rings. The van der Waals surface area contributed by atoms with E-state index in [9.17, 15) is 0 Å². The summed E-state index contributed by atoms with van der Waals surface area (Å²) in [6, 6.07) is 0. The minimum atomic E-state index is 0.381. The first kappa shape index (κ1) is 11.9. The van der Waals surface area contributed by atoms with Crippen LogP contribution in [-0.2, 0) is 13.0 Å². The third-order valence-corrected chi connectivity index (χ3v) is 3.58. The molecule has 0 radical (unpaired) electrons. The molecule has 1 heterocycles. The number of hydrogen-bond donors (Lipinski definition) is 0. The molecule has 3 nitrogen and oxygen atoms in total. The molecule has 1 aromatic rings. The molecule has 0 aliphatic heterocycles. The second-order valence-corrected chi connectivity index (χ2v) is 5.85. The molecule has 0 N–H and O–H groups in total. The highest BCUT2D eigenvalue weighted by Crippen LogP contribution is 2.31. The van der Waals surface area contributed by atoms with Crippen molar-refractivity contribution in [1.82, 2.24) is 14.8 Å². The van der Waals surface area contributed by atoms with Gasteiger partial charge in [0.2, 0.25) is 0 Å². The summed E-state index contributed by atoms with van der Waals surface area (Å²) in [5.41, 5.74) is 0. The highest BCUT2D eigenvalue weighted by molar-refractivity contribution is 6.20. The Balaban J connectivity index is 1.96. The Morgan fingerprint density at radius 3 is 2.94 bits per heavy atom. The highest BCUT2D eigenvalue weighted by Gasteiger charge is 2.24. The largest absolute Gasteiger partial charge is 0.250 e. The molecule has 0 saturated heterocycles. The molecule has 2 atom stereocenters. The SMILES string of the molecule is CC(C)Cn1ncnc1CC1CCC(Cl)C1. The smallest absolute Gasteiger partial charge is 0.138 e. The van der Waals surface area contributed by atoms with Gasteiger partial charge in [-0.1, -0.05) is 13.8 Å². The van der Waals surface area contributed by atoms with Crippen LogP contribution in [0.1, 0.15) is 38.9 Å². The lowest BCUT2D eigenvalue weighted by atomic mass is 10.0. The zero-order valence-electron chi connectivity index (χ0n) is 10.1. The van der Waals surface area contributed by atoms with Crippen molar-refractivity contribution in [2.45, 2.75) is 51.5 Å². The topological polar surface area (TPSA) is 30.7 Å². The van der Waals surface area contributed by atoms with Crippen molar-refractivity contribution in [2.75, 3.05) is 0 Å². The third kappa shape index (κ3) is 2.97. The summed E-state index contributed by atoms with van der Waals surface area (Å²) in [6.45, 7) is 5.37. The highest BCUT2D eigenvalue weighted by atomic mass is 35.5. The summed E-state index contributed by atoms with van der Waals surface area (Å²) in [4.78, 5) is 4.37. The molecule has 0 amide bonds. The Kier molecular flexibility index (Phi) is 3.85. The number of rotatable bonds is 4. The first-order valence-corrected chi connectivity index (χ1v) is 6.59. The molecular formula is C12H20ClN3. The Morgan fingerprint density at radius 1 is 1.50 bits per heavy atom. The van der Waals surface area contributed by atoms with Gasteiger partial charge in [-0.3, -0.25) is 0 Å². The molecule has 0 aromatic carbocycles. The predicted molar refractivity (Wildman–Crippen MR) is 65.5 cm³/mol. The van der Waals surface area contributed by atoms with Crippen molar-refractivity contribution < 1.29 is 0 Å². The molecule has 1 aliphatic rings. The Hall–Kier alpha value is -0.570. The minimum absolute atomic E-state index is 0.381. The van der Waals surface area contributed by atoms with Crippen molar-refractivity contribution in [2.24, 2.45) is 11.8 Å². The predicted octanol–water partition coefficient (Wildman–Crippen LogP) is 2.88. The van der Waals surface area contributed by atoms with Crippen molar-refractivity contribution in [3.8, 4) is 0 Å². The van der Waals surface area contributed by atoms with Crippen molar-refractivity contribution in [3.05, 3.63) is 12.2 Å².